The average Bonchev–Trinajstić information content (AvgIpc) is 3.18. The Balaban J connectivity index is 2.04. The van der Waals surface area contributed by atoms with Crippen LogP contribution < -0.4 is 0 Å². The standard InChI is InChI=1S/C21H17F3N2O3S2/c1-31(28,29)15-6-4-5-13(9-15)14-10-19(30-12-14)17(11-20(25)21(22,23)24)26-16-7-2-3-8-18(16)27/h2-10,12,25,27H,11H2,1H3. The van der Waals surface area contributed by atoms with E-state index in [9.17, 15) is 26.7 Å². The van der Waals surface area contributed by atoms with Crippen LogP contribution >= 0.6 is 11.3 Å². The van der Waals surface area contributed by atoms with Crippen LogP contribution in [0.25, 0.3) is 11.1 Å². The van der Waals surface area contributed by atoms with Gasteiger partial charge >= 0.3 is 6.18 Å². The minimum absolute atomic E-state index is 0.0284. The number of benzene rings is 2. The first kappa shape index (κ1) is 22.7. The predicted molar refractivity (Wildman–Crippen MR) is 116 cm³/mol. The number of nitrogens with zero attached hydrogens (tertiary/aromatic N) is 1. The third kappa shape index (κ3) is 5.59. The Morgan fingerprint density at radius 2 is 1.81 bits per heavy atom. The Labute approximate surface area is 181 Å². The van der Waals surface area contributed by atoms with Crippen LogP contribution in [0.15, 0.2) is 69.9 Å². The lowest BCUT2D eigenvalue weighted by Gasteiger charge is -2.10. The highest BCUT2D eigenvalue weighted by Crippen LogP contribution is 2.32. The molecule has 0 aliphatic rings. The van der Waals surface area contributed by atoms with Gasteiger partial charge in [0.1, 0.15) is 17.1 Å². The van der Waals surface area contributed by atoms with Gasteiger partial charge in [0, 0.05) is 17.6 Å². The minimum Gasteiger partial charge on any atom is -0.506 e. The zero-order valence-corrected chi connectivity index (χ0v) is 17.8. The number of para-hydroxylation sites is 2. The number of sulfone groups is 1. The second-order valence-corrected chi connectivity index (χ2v) is 9.63. The van der Waals surface area contributed by atoms with Crippen molar-refractivity contribution in [1.82, 2.24) is 0 Å². The molecule has 0 fully saturated rings. The molecule has 0 spiro atoms. The summed E-state index contributed by atoms with van der Waals surface area (Å²) in [6.45, 7) is 0. The van der Waals surface area contributed by atoms with Crippen molar-refractivity contribution in [2.24, 2.45) is 4.99 Å². The van der Waals surface area contributed by atoms with Crippen LogP contribution in [0.1, 0.15) is 11.3 Å². The van der Waals surface area contributed by atoms with Crippen molar-refractivity contribution >= 4 is 38.3 Å². The lowest BCUT2D eigenvalue weighted by Crippen LogP contribution is -2.24. The van der Waals surface area contributed by atoms with Gasteiger partial charge in [0.2, 0.25) is 0 Å². The SMILES string of the molecule is CS(=O)(=O)c1cccc(-c2csc(C(CC(=N)C(F)(F)F)=Nc3ccccc3O)c2)c1. The van der Waals surface area contributed by atoms with Crippen LogP contribution in [-0.2, 0) is 9.84 Å². The quantitative estimate of drug-likeness (QED) is 0.462. The molecular formula is C21H17F3N2O3S2. The molecular weight excluding hydrogens is 449 g/mol. The highest BCUT2D eigenvalue weighted by atomic mass is 32.2. The zero-order valence-electron chi connectivity index (χ0n) is 16.1. The van der Waals surface area contributed by atoms with Crippen molar-refractivity contribution in [2.75, 3.05) is 6.26 Å². The Morgan fingerprint density at radius 3 is 2.45 bits per heavy atom. The molecule has 0 aliphatic carbocycles. The molecule has 0 unspecified atom stereocenters. The van der Waals surface area contributed by atoms with Gasteiger partial charge in [0.05, 0.1) is 10.6 Å². The van der Waals surface area contributed by atoms with E-state index in [4.69, 9.17) is 5.41 Å². The van der Waals surface area contributed by atoms with Crippen molar-refractivity contribution in [3.8, 4) is 16.9 Å². The van der Waals surface area contributed by atoms with Crippen LogP contribution in [0.3, 0.4) is 0 Å². The molecule has 10 heteroatoms. The second-order valence-electron chi connectivity index (χ2n) is 6.70. The summed E-state index contributed by atoms with van der Waals surface area (Å²) in [5, 5.41) is 19.0. The van der Waals surface area contributed by atoms with Crippen molar-refractivity contribution in [2.45, 2.75) is 17.5 Å². The number of rotatable bonds is 6. The van der Waals surface area contributed by atoms with E-state index in [2.05, 4.69) is 4.99 Å². The molecule has 3 rings (SSSR count). The van der Waals surface area contributed by atoms with Gasteiger partial charge in [-0.15, -0.1) is 11.3 Å². The van der Waals surface area contributed by atoms with Gasteiger partial charge in [-0.2, -0.15) is 13.2 Å². The number of halogens is 3. The molecule has 2 aromatic carbocycles. The van der Waals surface area contributed by atoms with E-state index < -0.39 is 28.1 Å². The fraction of sp³-hybridized carbons (Fsp3) is 0.143. The first-order valence-corrected chi connectivity index (χ1v) is 11.6. The first-order valence-electron chi connectivity index (χ1n) is 8.85. The smallest absolute Gasteiger partial charge is 0.429 e. The maximum Gasteiger partial charge on any atom is 0.429 e. The number of phenols is 1. The van der Waals surface area contributed by atoms with E-state index in [-0.39, 0.29) is 22.0 Å². The summed E-state index contributed by atoms with van der Waals surface area (Å²) in [6, 6.07) is 13.8. The average molecular weight is 467 g/mol. The largest absolute Gasteiger partial charge is 0.506 e. The molecule has 3 aromatic rings. The highest BCUT2D eigenvalue weighted by molar-refractivity contribution is 7.90. The van der Waals surface area contributed by atoms with Gasteiger partial charge < -0.3 is 10.5 Å². The highest BCUT2D eigenvalue weighted by Gasteiger charge is 2.35. The number of alkyl halides is 3. The van der Waals surface area contributed by atoms with Gasteiger partial charge in [-0.1, -0.05) is 24.3 Å². The van der Waals surface area contributed by atoms with Crippen LogP contribution in [0, 0.1) is 5.41 Å². The number of aromatic hydroxyl groups is 1. The van der Waals surface area contributed by atoms with Crippen molar-refractivity contribution in [3.05, 3.63) is 64.9 Å². The van der Waals surface area contributed by atoms with Gasteiger partial charge in [0.25, 0.3) is 0 Å². The van der Waals surface area contributed by atoms with Gasteiger partial charge in [-0.05, 0) is 46.8 Å². The van der Waals surface area contributed by atoms with Crippen LogP contribution in [0.5, 0.6) is 5.75 Å². The van der Waals surface area contributed by atoms with Crippen molar-refractivity contribution in [3.63, 3.8) is 0 Å². The normalized spacial score (nSPS) is 12.7. The molecule has 1 heterocycles. The first-order chi connectivity index (χ1) is 14.4. The van der Waals surface area contributed by atoms with Crippen molar-refractivity contribution in [1.29, 1.82) is 5.41 Å². The van der Waals surface area contributed by atoms with Crippen LogP contribution in [-0.4, -0.2) is 37.4 Å². The van der Waals surface area contributed by atoms with Gasteiger partial charge in [-0.3, -0.25) is 0 Å². The summed E-state index contributed by atoms with van der Waals surface area (Å²) in [5.41, 5.74) is -0.219. The fourth-order valence-corrected chi connectivity index (χ4v) is 4.27. The van der Waals surface area contributed by atoms with Gasteiger partial charge in [0.15, 0.2) is 9.84 Å². The molecule has 5 nitrogen and oxygen atoms in total. The number of hydrogen-bond donors (Lipinski definition) is 2. The maximum absolute atomic E-state index is 13.0. The molecule has 0 atom stereocenters. The van der Waals surface area contributed by atoms with E-state index >= 15 is 0 Å². The topological polar surface area (TPSA) is 90.6 Å². The fourth-order valence-electron chi connectivity index (χ4n) is 2.70. The molecule has 0 radical (unpaired) electrons. The lowest BCUT2D eigenvalue weighted by molar-refractivity contribution is -0.0605. The van der Waals surface area contributed by atoms with Crippen molar-refractivity contribution < 1.29 is 26.7 Å². The Kier molecular flexibility index (Phi) is 6.33. The van der Waals surface area contributed by atoms with Gasteiger partial charge in [-0.25, -0.2) is 13.4 Å². The Morgan fingerprint density at radius 1 is 1.10 bits per heavy atom. The monoisotopic (exact) mass is 466 g/mol. The minimum atomic E-state index is -4.80. The molecule has 2 N–H and O–H groups in total. The summed E-state index contributed by atoms with van der Waals surface area (Å²) in [4.78, 5) is 4.68. The molecule has 0 saturated carbocycles. The number of phenolic OH excluding ortho intramolecular Hbond substituents is 1. The number of aliphatic imine (C=N–C) groups is 1. The molecule has 0 aliphatic heterocycles. The zero-order chi connectivity index (χ0) is 22.8. The Hall–Kier alpha value is -2.98. The maximum atomic E-state index is 13.0. The summed E-state index contributed by atoms with van der Waals surface area (Å²) < 4.78 is 62.6. The molecule has 0 saturated heterocycles. The number of thiophene rings is 1. The predicted octanol–water partition coefficient (Wildman–Crippen LogP) is 5.62. The Bertz CT molecular complexity index is 1260. The molecule has 31 heavy (non-hydrogen) atoms. The second kappa shape index (κ2) is 8.64. The number of nitrogens with one attached hydrogen (secondary N) is 1. The molecule has 0 amide bonds. The molecule has 0 bridgehead atoms. The van der Waals surface area contributed by atoms with Crippen LogP contribution in [0.4, 0.5) is 18.9 Å². The summed E-state index contributed by atoms with van der Waals surface area (Å²) in [6.07, 6.45) is -4.49. The number of hydrogen-bond acceptors (Lipinski definition) is 6. The van der Waals surface area contributed by atoms with E-state index in [0.29, 0.717) is 16.0 Å². The van der Waals surface area contributed by atoms with E-state index in [1.165, 1.54) is 24.3 Å². The lowest BCUT2D eigenvalue weighted by atomic mass is 10.1. The van der Waals surface area contributed by atoms with Crippen LogP contribution in [0.2, 0.25) is 0 Å². The molecule has 162 valence electrons. The third-order valence-corrected chi connectivity index (χ3v) is 6.39. The summed E-state index contributed by atoms with van der Waals surface area (Å²) in [5.74, 6) is -0.198. The third-order valence-electron chi connectivity index (χ3n) is 4.30. The van der Waals surface area contributed by atoms with E-state index in [1.54, 1.807) is 35.7 Å². The van der Waals surface area contributed by atoms with E-state index in [0.717, 1.165) is 17.6 Å². The summed E-state index contributed by atoms with van der Waals surface area (Å²) >= 11 is 1.12. The summed E-state index contributed by atoms with van der Waals surface area (Å²) in [7, 11) is -3.42. The van der Waals surface area contributed by atoms with E-state index in [1.807, 2.05) is 0 Å². The molecule has 1 aromatic heterocycles.